The third-order valence-electron chi connectivity index (χ3n) is 3.58. The van der Waals surface area contributed by atoms with Gasteiger partial charge in [-0.2, -0.15) is 0 Å². The van der Waals surface area contributed by atoms with Gasteiger partial charge in [0, 0.05) is 29.6 Å². The molecule has 8 heteroatoms. The van der Waals surface area contributed by atoms with Crippen molar-refractivity contribution in [2.75, 3.05) is 24.4 Å². The predicted molar refractivity (Wildman–Crippen MR) is 105 cm³/mol. The summed E-state index contributed by atoms with van der Waals surface area (Å²) in [5.41, 5.74) is 2.76. The summed E-state index contributed by atoms with van der Waals surface area (Å²) >= 11 is 6.00. The lowest BCUT2D eigenvalue weighted by Crippen LogP contribution is -2.13. The van der Waals surface area contributed by atoms with Crippen LogP contribution in [0.3, 0.4) is 0 Å². The number of anilines is 3. The van der Waals surface area contributed by atoms with Crippen LogP contribution in [0.15, 0.2) is 55.1 Å². The van der Waals surface area contributed by atoms with Crippen LogP contribution in [0.25, 0.3) is 11.3 Å². The number of aromatic nitrogens is 3. The molecule has 2 N–H and O–H groups in total. The lowest BCUT2D eigenvalue weighted by molar-refractivity contribution is -0.117. The van der Waals surface area contributed by atoms with Gasteiger partial charge in [0.15, 0.2) is 0 Å². The predicted octanol–water partition coefficient (Wildman–Crippen LogP) is 3.91. The molecule has 0 aliphatic rings. The maximum absolute atomic E-state index is 11.8. The van der Waals surface area contributed by atoms with Crippen molar-refractivity contribution >= 4 is 34.7 Å². The quantitative estimate of drug-likeness (QED) is 0.643. The molecule has 0 saturated carbocycles. The molecule has 1 aromatic carbocycles. The first-order chi connectivity index (χ1) is 13.1. The lowest BCUT2D eigenvalue weighted by atomic mass is 10.2. The molecular weight excluding hydrogens is 366 g/mol. The molecule has 0 aliphatic heterocycles. The number of nitrogens with zero attached hydrogens (tertiary/aromatic N) is 3. The molecule has 0 radical (unpaired) electrons. The van der Waals surface area contributed by atoms with Gasteiger partial charge in [0.2, 0.25) is 5.91 Å². The van der Waals surface area contributed by atoms with E-state index in [1.807, 2.05) is 12.1 Å². The van der Waals surface area contributed by atoms with Gasteiger partial charge in [0.05, 0.1) is 43.0 Å². The summed E-state index contributed by atoms with van der Waals surface area (Å²) in [5, 5.41) is 6.58. The number of carbonyl (C=O) groups excluding carboxylic acids is 1. The average molecular weight is 384 g/mol. The number of hydrogen-bond acceptors (Lipinski definition) is 6. The van der Waals surface area contributed by atoms with Gasteiger partial charge in [-0.15, -0.1) is 0 Å². The van der Waals surface area contributed by atoms with E-state index in [1.54, 1.807) is 50.1 Å². The monoisotopic (exact) mass is 383 g/mol. The molecule has 0 atom stereocenters. The van der Waals surface area contributed by atoms with Crippen LogP contribution in [0.1, 0.15) is 6.42 Å². The van der Waals surface area contributed by atoms with Crippen molar-refractivity contribution in [3.8, 4) is 11.3 Å². The molecule has 0 aliphatic carbocycles. The first-order valence-corrected chi connectivity index (χ1v) is 8.60. The minimum atomic E-state index is -0.141. The van der Waals surface area contributed by atoms with Crippen LogP contribution in [0.4, 0.5) is 17.2 Å². The van der Waals surface area contributed by atoms with Crippen molar-refractivity contribution in [2.24, 2.45) is 0 Å². The van der Waals surface area contributed by atoms with Gasteiger partial charge < -0.3 is 15.4 Å². The van der Waals surface area contributed by atoms with Gasteiger partial charge in [-0.1, -0.05) is 17.7 Å². The number of amides is 1. The Balaban J connectivity index is 1.76. The molecule has 2 aromatic heterocycles. The molecule has 138 valence electrons. The molecule has 3 aromatic rings. The maximum Gasteiger partial charge on any atom is 0.226 e. The van der Waals surface area contributed by atoms with E-state index in [4.69, 9.17) is 16.3 Å². The molecule has 3 rings (SSSR count). The van der Waals surface area contributed by atoms with Gasteiger partial charge in [-0.3, -0.25) is 14.8 Å². The highest BCUT2D eigenvalue weighted by molar-refractivity contribution is 6.30. The highest BCUT2D eigenvalue weighted by Gasteiger charge is 2.07. The van der Waals surface area contributed by atoms with E-state index in [1.165, 1.54) is 0 Å². The van der Waals surface area contributed by atoms with E-state index < -0.39 is 0 Å². The Kier molecular flexibility index (Phi) is 6.30. The van der Waals surface area contributed by atoms with E-state index >= 15 is 0 Å². The minimum Gasteiger partial charge on any atom is -0.384 e. The second kappa shape index (κ2) is 9.07. The number of pyridine rings is 1. The summed E-state index contributed by atoms with van der Waals surface area (Å²) in [5.74, 6) is 0.433. The Morgan fingerprint density at radius 3 is 2.78 bits per heavy atom. The number of rotatable bonds is 7. The van der Waals surface area contributed by atoms with Crippen LogP contribution in [-0.2, 0) is 9.53 Å². The SMILES string of the molecule is COCCC(=O)Nc1cncc(-c2cncc(Nc3cccc(Cl)c3)n2)c1. The Bertz CT molecular complexity index is 935. The van der Waals surface area contributed by atoms with E-state index in [-0.39, 0.29) is 12.3 Å². The molecule has 0 spiro atoms. The fraction of sp³-hybridized carbons (Fsp3) is 0.158. The molecule has 0 saturated heterocycles. The van der Waals surface area contributed by atoms with Crippen molar-refractivity contribution in [1.29, 1.82) is 0 Å². The summed E-state index contributed by atoms with van der Waals surface area (Å²) in [6.45, 7) is 0.363. The highest BCUT2D eigenvalue weighted by Crippen LogP contribution is 2.23. The fourth-order valence-corrected chi connectivity index (χ4v) is 2.54. The summed E-state index contributed by atoms with van der Waals surface area (Å²) in [6.07, 6.45) is 6.78. The van der Waals surface area contributed by atoms with Gasteiger partial charge in [0.25, 0.3) is 0 Å². The van der Waals surface area contributed by atoms with Crippen LogP contribution >= 0.6 is 11.6 Å². The van der Waals surface area contributed by atoms with Crippen molar-refractivity contribution < 1.29 is 9.53 Å². The van der Waals surface area contributed by atoms with Crippen LogP contribution < -0.4 is 10.6 Å². The Labute approximate surface area is 161 Å². The van der Waals surface area contributed by atoms with Gasteiger partial charge in [-0.05, 0) is 24.3 Å². The van der Waals surface area contributed by atoms with Crippen LogP contribution in [-0.4, -0.2) is 34.6 Å². The van der Waals surface area contributed by atoms with Crippen molar-refractivity contribution in [1.82, 2.24) is 15.0 Å². The second-order valence-electron chi connectivity index (χ2n) is 5.68. The number of carbonyl (C=O) groups is 1. The Hall–Kier alpha value is -3.03. The standard InChI is InChI=1S/C19H18ClN5O2/c1-27-6-5-19(26)24-16-7-13(9-21-10-16)17-11-22-12-18(25-17)23-15-4-2-3-14(20)8-15/h2-4,7-12H,5-6H2,1H3,(H,23,25)(H,24,26). The summed E-state index contributed by atoms with van der Waals surface area (Å²) in [6, 6.07) is 9.13. The third-order valence-corrected chi connectivity index (χ3v) is 3.82. The first kappa shape index (κ1) is 18.8. The van der Waals surface area contributed by atoms with Gasteiger partial charge >= 0.3 is 0 Å². The van der Waals surface area contributed by atoms with Crippen molar-refractivity contribution in [3.63, 3.8) is 0 Å². The van der Waals surface area contributed by atoms with Crippen LogP contribution in [0.5, 0.6) is 0 Å². The average Bonchev–Trinajstić information content (AvgIpc) is 2.67. The summed E-state index contributed by atoms with van der Waals surface area (Å²) in [4.78, 5) is 24.8. The first-order valence-electron chi connectivity index (χ1n) is 8.23. The van der Waals surface area contributed by atoms with E-state index in [2.05, 4.69) is 25.6 Å². The van der Waals surface area contributed by atoms with Crippen molar-refractivity contribution in [3.05, 3.63) is 60.1 Å². The molecule has 1 amide bonds. The zero-order chi connectivity index (χ0) is 19.1. The van der Waals surface area contributed by atoms with Crippen molar-refractivity contribution in [2.45, 2.75) is 6.42 Å². The fourth-order valence-electron chi connectivity index (χ4n) is 2.35. The van der Waals surface area contributed by atoms with E-state index in [0.717, 1.165) is 11.3 Å². The van der Waals surface area contributed by atoms with Gasteiger partial charge in [0.1, 0.15) is 5.82 Å². The van der Waals surface area contributed by atoms with Crippen LogP contribution in [0.2, 0.25) is 5.02 Å². The molecule has 0 bridgehead atoms. The minimum absolute atomic E-state index is 0.141. The summed E-state index contributed by atoms with van der Waals surface area (Å²) in [7, 11) is 1.55. The Morgan fingerprint density at radius 2 is 1.96 bits per heavy atom. The van der Waals surface area contributed by atoms with E-state index in [0.29, 0.717) is 28.8 Å². The number of hydrogen-bond donors (Lipinski definition) is 2. The molecule has 2 heterocycles. The largest absolute Gasteiger partial charge is 0.384 e. The number of halogens is 1. The topological polar surface area (TPSA) is 89.0 Å². The number of methoxy groups -OCH3 is 1. The highest BCUT2D eigenvalue weighted by atomic mass is 35.5. The number of benzene rings is 1. The smallest absolute Gasteiger partial charge is 0.226 e. The third kappa shape index (κ3) is 5.47. The number of nitrogens with one attached hydrogen (secondary N) is 2. The second-order valence-corrected chi connectivity index (χ2v) is 6.11. The molecule has 0 fully saturated rings. The number of ether oxygens (including phenoxy) is 1. The van der Waals surface area contributed by atoms with Gasteiger partial charge in [-0.25, -0.2) is 4.98 Å². The van der Waals surface area contributed by atoms with Crippen LogP contribution in [0, 0.1) is 0 Å². The molecular formula is C19H18ClN5O2. The zero-order valence-electron chi connectivity index (χ0n) is 14.6. The van der Waals surface area contributed by atoms with E-state index in [9.17, 15) is 4.79 Å². The molecule has 27 heavy (non-hydrogen) atoms. The maximum atomic E-state index is 11.8. The zero-order valence-corrected chi connectivity index (χ0v) is 15.4. The lowest BCUT2D eigenvalue weighted by Gasteiger charge is -2.09. The summed E-state index contributed by atoms with van der Waals surface area (Å²) < 4.78 is 4.90. The molecule has 7 nitrogen and oxygen atoms in total. The normalized spacial score (nSPS) is 10.4. The molecule has 0 unspecified atom stereocenters. The Morgan fingerprint density at radius 1 is 1.11 bits per heavy atom.